The van der Waals surface area contributed by atoms with E-state index in [1.54, 1.807) is 0 Å². The van der Waals surface area contributed by atoms with Gasteiger partial charge in [-0.05, 0) is 0 Å². The van der Waals surface area contributed by atoms with E-state index < -0.39 is 0 Å². The molecule has 0 aliphatic rings. The molecule has 0 heterocycles. The van der Waals surface area contributed by atoms with Crippen LogP contribution in [0.1, 0.15) is 0 Å². The van der Waals surface area contributed by atoms with E-state index in [2.05, 4.69) is 0 Å². The van der Waals surface area contributed by atoms with Gasteiger partial charge in [-0.15, -0.1) is 0 Å². The van der Waals surface area contributed by atoms with Crippen LogP contribution in [0.2, 0.25) is 0 Å². The van der Waals surface area contributed by atoms with Gasteiger partial charge in [0, 0.05) is 27.3 Å². The molecule has 2 nitrogen and oxygen atoms in total. The summed E-state index contributed by atoms with van der Waals surface area (Å²) in [5, 5.41) is 11.2. The van der Waals surface area contributed by atoms with Crippen molar-refractivity contribution in [3.05, 3.63) is 0 Å². The van der Waals surface area contributed by atoms with Gasteiger partial charge in [0.1, 0.15) is 0 Å². The van der Waals surface area contributed by atoms with Crippen molar-refractivity contribution in [2.45, 2.75) is 0 Å². The monoisotopic (exact) mass is 250 g/mol. The van der Waals surface area contributed by atoms with Gasteiger partial charge in [-0.2, -0.15) is 0 Å². The van der Waals surface area contributed by atoms with Gasteiger partial charge in [-0.3, -0.25) is 0 Å². The first-order valence-electron chi connectivity index (χ1n) is 0.500. The second-order valence-electron chi connectivity index (χ2n) is 0.125. The first-order chi connectivity index (χ1) is 1.41. The molecule has 2 N–H and O–H groups in total. The van der Waals surface area contributed by atoms with Crippen LogP contribution in [-0.4, -0.2) is 33.3 Å². The summed E-state index contributed by atoms with van der Waals surface area (Å²) in [7, 11) is 0. The van der Waals surface area contributed by atoms with Crippen LogP contribution < -0.4 is 0 Å². The Morgan fingerprint density at radius 3 is 1.25 bits per heavy atom. The van der Waals surface area contributed by atoms with Crippen molar-refractivity contribution in [3.63, 3.8) is 0 Å². The van der Waals surface area contributed by atoms with Crippen LogP contribution in [0.25, 0.3) is 0 Å². The summed E-state index contributed by atoms with van der Waals surface area (Å²) < 4.78 is 0. The molecule has 4 heavy (non-hydrogen) atoms. The molecule has 0 spiro atoms. The molecule has 0 unspecified atom stereocenters. The van der Waals surface area contributed by atoms with E-state index in [-0.39, 0.29) is 27.3 Å². The maximum absolute atomic E-state index is 5.62. The molecule has 0 aliphatic carbocycles. The van der Waals surface area contributed by atoms with Gasteiger partial charge in [0.2, 0.25) is 0 Å². The minimum Gasteiger partial charge on any atom is -0.242 e. The molecule has 0 rings (SSSR count). The third kappa shape index (κ3) is 42.8. The molecule has 3 heteroatoms. The van der Waals surface area contributed by atoms with Gasteiger partial charge in [-0.1, -0.05) is 0 Å². The third-order valence-electron chi connectivity index (χ3n) is 0. The van der Waals surface area contributed by atoms with E-state index >= 15 is 0 Å². The third-order valence-corrected chi connectivity index (χ3v) is 0. The van der Waals surface area contributed by atoms with Crippen molar-refractivity contribution in [3.8, 4) is 0 Å². The fourth-order valence-corrected chi connectivity index (χ4v) is 0. The second-order valence-corrected chi connectivity index (χ2v) is 0.125. The van der Waals surface area contributed by atoms with Gasteiger partial charge < -0.3 is 0 Å². The van der Waals surface area contributed by atoms with E-state index in [4.69, 9.17) is 10.8 Å². The van der Waals surface area contributed by atoms with E-state index in [1.807, 2.05) is 0 Å². The van der Waals surface area contributed by atoms with Crippen molar-refractivity contribution in [1.29, 1.82) is 10.8 Å². The standard InChI is InChI=1S/CH2N2.Pb/c2-1-3;/h2-3H;. The van der Waals surface area contributed by atoms with Crippen molar-refractivity contribution in [2.75, 3.05) is 0 Å². The van der Waals surface area contributed by atoms with Crippen LogP contribution >= 0.6 is 0 Å². The SMILES string of the molecule is N=C=N.[Pb]. The maximum Gasteiger partial charge on any atom is 0.0831 e. The Balaban J connectivity index is 0. The van der Waals surface area contributed by atoms with E-state index in [0.29, 0.717) is 0 Å². The molecule has 0 saturated heterocycles. The largest absolute Gasteiger partial charge is 0.242 e. The Bertz CT molecular complexity index is 27.0. The van der Waals surface area contributed by atoms with Gasteiger partial charge >= 0.3 is 0 Å². The minimum atomic E-state index is 0. The van der Waals surface area contributed by atoms with Gasteiger partial charge in [-0.25, -0.2) is 10.8 Å². The zero-order valence-electron chi connectivity index (χ0n) is 2.00. The molecular formula is CH2N2Pb. The average Bonchev–Trinajstić information content (AvgIpc) is 0.918. The molecule has 0 aliphatic heterocycles. The Morgan fingerprint density at radius 1 is 1.25 bits per heavy atom. The molecule has 0 saturated carbocycles. The summed E-state index contributed by atoms with van der Waals surface area (Å²) in [6.45, 7) is 0. The molecule has 0 aromatic rings. The summed E-state index contributed by atoms with van der Waals surface area (Å²) in [6.07, 6.45) is 0. The molecule has 0 aromatic carbocycles. The maximum atomic E-state index is 5.62. The molecule has 0 atom stereocenters. The quantitative estimate of drug-likeness (QED) is 0.446. The Hall–Kier alpha value is 0.302. The molecule has 0 amide bonds. The normalized spacial score (nSPS) is 2.00. The zero-order valence-corrected chi connectivity index (χ0v) is 5.89. The molecule has 0 aromatic heterocycles. The van der Waals surface area contributed by atoms with Crippen molar-refractivity contribution in [1.82, 2.24) is 0 Å². The van der Waals surface area contributed by atoms with Crippen LogP contribution in [0.3, 0.4) is 0 Å². The second kappa shape index (κ2) is 10.3. The summed E-state index contributed by atoms with van der Waals surface area (Å²) >= 11 is 0. The van der Waals surface area contributed by atoms with Crippen molar-refractivity contribution >= 4 is 33.3 Å². The van der Waals surface area contributed by atoms with Crippen LogP contribution in [0.4, 0.5) is 0 Å². The van der Waals surface area contributed by atoms with Gasteiger partial charge in [0.15, 0.2) is 0 Å². The van der Waals surface area contributed by atoms with Crippen LogP contribution in [0.15, 0.2) is 0 Å². The van der Waals surface area contributed by atoms with Crippen LogP contribution in [-0.2, 0) is 0 Å². The van der Waals surface area contributed by atoms with Gasteiger partial charge in [0.05, 0.1) is 6.01 Å². The zero-order chi connectivity index (χ0) is 2.71. The number of nitrogens with one attached hydrogen (secondary N) is 2. The van der Waals surface area contributed by atoms with Gasteiger partial charge in [0.25, 0.3) is 0 Å². The minimum absolute atomic E-state index is 0. The van der Waals surface area contributed by atoms with E-state index in [0.717, 1.165) is 0 Å². The molecule has 0 bridgehead atoms. The first-order valence-corrected chi connectivity index (χ1v) is 0.500. The summed E-state index contributed by atoms with van der Waals surface area (Å²) in [6, 6.07) is 1.25. The molecule has 4 radical (unpaired) electrons. The Labute approximate surface area is 44.4 Å². The summed E-state index contributed by atoms with van der Waals surface area (Å²) in [5.41, 5.74) is 0. The molecule has 0 fully saturated rings. The number of hydrogen-bond acceptors (Lipinski definition) is 2. The Kier molecular flexibility index (Phi) is 22.8. The topological polar surface area (TPSA) is 47.7 Å². The van der Waals surface area contributed by atoms with Crippen LogP contribution in [0, 0.1) is 10.8 Å². The number of rotatable bonds is 0. The van der Waals surface area contributed by atoms with Crippen molar-refractivity contribution < 1.29 is 0 Å². The number of hydrogen-bond donors (Lipinski definition) is 2. The smallest absolute Gasteiger partial charge is 0.0831 e. The van der Waals surface area contributed by atoms with Crippen molar-refractivity contribution in [2.24, 2.45) is 0 Å². The summed E-state index contributed by atoms with van der Waals surface area (Å²) in [4.78, 5) is 0. The van der Waals surface area contributed by atoms with E-state index in [1.165, 1.54) is 6.01 Å². The fourth-order valence-electron chi connectivity index (χ4n) is 0. The average molecular weight is 249 g/mol. The van der Waals surface area contributed by atoms with E-state index in [9.17, 15) is 0 Å². The predicted octanol–water partition coefficient (Wildman–Crippen LogP) is -0.0630. The van der Waals surface area contributed by atoms with Crippen LogP contribution in [0.5, 0.6) is 0 Å². The predicted molar refractivity (Wildman–Crippen MR) is 16.2 cm³/mol. The summed E-state index contributed by atoms with van der Waals surface area (Å²) in [5.74, 6) is 0. The molecule has 20 valence electrons. The first kappa shape index (κ1) is 8.85. The fraction of sp³-hybridized carbons (Fsp3) is 0. The molecular weight excluding hydrogens is 247 g/mol. The Morgan fingerprint density at radius 2 is 1.25 bits per heavy atom.